The Morgan fingerprint density at radius 2 is 1.78 bits per heavy atom. The smallest absolute Gasteiger partial charge is 0.411 e. The van der Waals surface area contributed by atoms with E-state index in [0.717, 1.165) is 5.41 Å². The first-order valence-corrected chi connectivity index (χ1v) is 10.2. The molecule has 8 heteroatoms. The van der Waals surface area contributed by atoms with Gasteiger partial charge in [-0.2, -0.15) is 0 Å². The second-order valence-electron chi connectivity index (χ2n) is 7.26. The molecule has 0 bridgehead atoms. The predicted molar refractivity (Wildman–Crippen MR) is 99.7 cm³/mol. The van der Waals surface area contributed by atoms with Crippen molar-refractivity contribution in [3.63, 3.8) is 0 Å². The summed E-state index contributed by atoms with van der Waals surface area (Å²) in [4.78, 5) is 26.1. The maximum absolute atomic E-state index is 12.6. The third kappa shape index (κ3) is 5.32. The zero-order valence-corrected chi connectivity index (χ0v) is 16.7. The van der Waals surface area contributed by atoms with Gasteiger partial charge in [0.2, 0.25) is 0 Å². The molecule has 148 valence electrons. The molecular weight excluding hydrogens is 370 g/mol. The molecule has 1 aliphatic heterocycles. The fourth-order valence-corrected chi connectivity index (χ4v) is 3.94. The number of amides is 1. The van der Waals surface area contributed by atoms with Gasteiger partial charge in [0.15, 0.2) is 9.84 Å². The Kier molecular flexibility index (Phi) is 6.30. The Morgan fingerprint density at radius 1 is 1.15 bits per heavy atom. The van der Waals surface area contributed by atoms with Crippen LogP contribution in [0.4, 0.5) is 4.79 Å². The summed E-state index contributed by atoms with van der Waals surface area (Å²) in [6.45, 7) is 5.16. The second kappa shape index (κ2) is 8.12. The van der Waals surface area contributed by atoms with Crippen LogP contribution in [-0.2, 0) is 24.1 Å². The lowest BCUT2D eigenvalue weighted by molar-refractivity contribution is -0.146. The number of rotatable bonds is 4. The van der Waals surface area contributed by atoms with Gasteiger partial charge in [-0.25, -0.2) is 18.0 Å². The topological polar surface area (TPSA) is 90.0 Å². The van der Waals surface area contributed by atoms with Gasteiger partial charge in [0, 0.05) is 5.41 Å². The summed E-state index contributed by atoms with van der Waals surface area (Å²) < 4.78 is 35.1. The van der Waals surface area contributed by atoms with Crippen molar-refractivity contribution in [2.75, 3.05) is 7.11 Å². The van der Waals surface area contributed by atoms with Crippen LogP contribution in [0.25, 0.3) is 0 Å². The summed E-state index contributed by atoms with van der Waals surface area (Å²) >= 11 is 0. The third-order valence-electron chi connectivity index (χ3n) is 4.06. The van der Waals surface area contributed by atoms with Crippen LogP contribution < -0.4 is 0 Å². The van der Waals surface area contributed by atoms with E-state index in [1.165, 1.54) is 30.2 Å². The first-order chi connectivity index (χ1) is 12.5. The van der Waals surface area contributed by atoms with Crippen molar-refractivity contribution >= 4 is 21.9 Å². The number of carbonyl (C=O) groups is 2. The normalized spacial score (nSPS) is 20.7. The van der Waals surface area contributed by atoms with Gasteiger partial charge in [-0.3, -0.25) is 4.90 Å². The highest BCUT2D eigenvalue weighted by atomic mass is 32.2. The Morgan fingerprint density at radius 3 is 2.33 bits per heavy atom. The molecule has 2 rings (SSSR count). The highest BCUT2D eigenvalue weighted by molar-refractivity contribution is 7.94. The zero-order chi connectivity index (χ0) is 20.2. The Hall–Kier alpha value is -2.35. The van der Waals surface area contributed by atoms with Crippen molar-refractivity contribution in [2.45, 2.75) is 56.2 Å². The fraction of sp³-hybridized carbons (Fsp3) is 0.474. The fourth-order valence-electron chi connectivity index (χ4n) is 2.85. The second-order valence-corrected chi connectivity index (χ2v) is 9.09. The molecule has 1 amide bonds. The van der Waals surface area contributed by atoms with Crippen LogP contribution in [0.2, 0.25) is 0 Å². The first-order valence-electron chi connectivity index (χ1n) is 8.62. The Balaban J connectivity index is 2.28. The largest absolute Gasteiger partial charge is 0.467 e. The number of likely N-dealkylation sites (tertiary alicyclic amines) is 1. The molecule has 27 heavy (non-hydrogen) atoms. The Bertz CT molecular complexity index is 810. The zero-order valence-electron chi connectivity index (χ0n) is 15.9. The standard InChI is InChI=1S/C19H25NO6S/c1-19(2,3)26-18(22)20-14(10-11-16(20)17(21)25-4)12-13-27(23,24)15-8-6-5-7-9-15/h5-9,12-14,16H,10-11H2,1-4H3/b13-12+/t14-,16-/m0/s1. The van der Waals surface area contributed by atoms with Gasteiger partial charge in [-0.1, -0.05) is 24.3 Å². The van der Waals surface area contributed by atoms with Gasteiger partial charge >= 0.3 is 12.1 Å². The van der Waals surface area contributed by atoms with E-state index >= 15 is 0 Å². The van der Waals surface area contributed by atoms with Gasteiger partial charge in [0.05, 0.1) is 18.0 Å². The molecule has 2 atom stereocenters. The number of nitrogens with zero attached hydrogens (tertiary/aromatic N) is 1. The summed E-state index contributed by atoms with van der Waals surface area (Å²) in [5.74, 6) is -0.553. The molecule has 1 fully saturated rings. The highest BCUT2D eigenvalue weighted by Crippen LogP contribution is 2.29. The van der Waals surface area contributed by atoms with Crippen molar-refractivity contribution in [3.05, 3.63) is 41.8 Å². The van der Waals surface area contributed by atoms with Gasteiger partial charge in [-0.15, -0.1) is 0 Å². The van der Waals surface area contributed by atoms with E-state index in [0.29, 0.717) is 12.8 Å². The molecule has 0 saturated carbocycles. The van der Waals surface area contributed by atoms with Crippen LogP contribution in [0.15, 0.2) is 46.7 Å². The van der Waals surface area contributed by atoms with E-state index in [9.17, 15) is 18.0 Å². The number of ether oxygens (including phenoxy) is 2. The molecule has 7 nitrogen and oxygen atoms in total. The van der Waals surface area contributed by atoms with Crippen LogP contribution in [0, 0.1) is 0 Å². The maximum Gasteiger partial charge on any atom is 0.411 e. The quantitative estimate of drug-likeness (QED) is 0.728. The van der Waals surface area contributed by atoms with E-state index in [2.05, 4.69) is 0 Å². The average Bonchev–Trinajstić information content (AvgIpc) is 3.03. The molecular formula is C19H25NO6S. The molecule has 1 aromatic carbocycles. The van der Waals surface area contributed by atoms with E-state index in [-0.39, 0.29) is 4.90 Å². The van der Waals surface area contributed by atoms with Crippen molar-refractivity contribution in [2.24, 2.45) is 0 Å². The van der Waals surface area contributed by atoms with E-state index in [4.69, 9.17) is 9.47 Å². The first kappa shape index (κ1) is 21.0. The summed E-state index contributed by atoms with van der Waals surface area (Å²) in [7, 11) is -2.40. The number of methoxy groups -OCH3 is 1. The third-order valence-corrected chi connectivity index (χ3v) is 5.50. The summed E-state index contributed by atoms with van der Waals surface area (Å²) in [6.07, 6.45) is 1.54. The van der Waals surface area contributed by atoms with Gasteiger partial charge in [0.1, 0.15) is 11.6 Å². The monoisotopic (exact) mass is 395 g/mol. The highest BCUT2D eigenvalue weighted by Gasteiger charge is 2.42. The molecule has 0 aromatic heterocycles. The Labute approximate surface area is 159 Å². The van der Waals surface area contributed by atoms with Crippen molar-refractivity contribution in [1.82, 2.24) is 4.90 Å². The minimum Gasteiger partial charge on any atom is -0.467 e. The molecule has 1 heterocycles. The molecule has 0 aliphatic carbocycles. The van der Waals surface area contributed by atoms with E-state index in [1.807, 2.05) is 0 Å². The molecule has 0 radical (unpaired) electrons. The SMILES string of the molecule is COC(=O)[C@@H]1CC[C@@H](/C=C/S(=O)(=O)c2ccccc2)N1C(=O)OC(C)(C)C. The lowest BCUT2D eigenvalue weighted by Crippen LogP contribution is -2.47. The number of benzene rings is 1. The van der Waals surface area contributed by atoms with E-state index < -0.39 is 39.6 Å². The van der Waals surface area contributed by atoms with Crippen LogP contribution in [-0.4, -0.2) is 50.2 Å². The van der Waals surface area contributed by atoms with Crippen molar-refractivity contribution < 1.29 is 27.5 Å². The molecule has 0 N–H and O–H groups in total. The lowest BCUT2D eigenvalue weighted by atomic mass is 10.2. The molecule has 0 spiro atoms. The molecule has 1 aromatic rings. The number of hydrogen-bond donors (Lipinski definition) is 0. The summed E-state index contributed by atoms with van der Waals surface area (Å²) in [5, 5.41) is 1.07. The van der Waals surface area contributed by atoms with Crippen LogP contribution in [0.1, 0.15) is 33.6 Å². The molecule has 0 unspecified atom stereocenters. The number of sulfone groups is 1. The van der Waals surface area contributed by atoms with Crippen LogP contribution >= 0.6 is 0 Å². The van der Waals surface area contributed by atoms with E-state index in [1.54, 1.807) is 39.0 Å². The lowest BCUT2D eigenvalue weighted by Gasteiger charge is -2.30. The van der Waals surface area contributed by atoms with Crippen LogP contribution in [0.3, 0.4) is 0 Å². The maximum atomic E-state index is 12.6. The number of hydrogen-bond acceptors (Lipinski definition) is 6. The van der Waals surface area contributed by atoms with Gasteiger partial charge in [0.25, 0.3) is 0 Å². The van der Waals surface area contributed by atoms with Crippen molar-refractivity contribution in [3.8, 4) is 0 Å². The summed E-state index contributed by atoms with van der Waals surface area (Å²) in [6, 6.07) is 6.60. The molecule has 1 saturated heterocycles. The molecule has 1 aliphatic rings. The van der Waals surface area contributed by atoms with Gasteiger partial charge in [-0.05, 0) is 45.7 Å². The number of esters is 1. The number of carbonyl (C=O) groups excluding carboxylic acids is 2. The van der Waals surface area contributed by atoms with Crippen molar-refractivity contribution in [1.29, 1.82) is 0 Å². The predicted octanol–water partition coefficient (Wildman–Crippen LogP) is 2.92. The minimum absolute atomic E-state index is 0.160. The minimum atomic E-state index is -3.65. The summed E-state index contributed by atoms with van der Waals surface area (Å²) in [5.41, 5.74) is -0.745. The average molecular weight is 395 g/mol. The van der Waals surface area contributed by atoms with Crippen LogP contribution in [0.5, 0.6) is 0 Å². The van der Waals surface area contributed by atoms with Gasteiger partial charge < -0.3 is 9.47 Å².